The molecule has 0 spiro atoms. The van der Waals surface area contributed by atoms with Crippen LogP contribution in [0.5, 0.6) is 0 Å². The molecule has 0 nitrogen and oxygen atoms in total. The Bertz CT molecular complexity index is 379. The first kappa shape index (κ1) is 11.7. The maximum absolute atomic E-state index is 2.50. The van der Waals surface area contributed by atoms with Gasteiger partial charge >= 0.3 is 0 Å². The molecule has 1 heteroatoms. The smallest absolute Gasteiger partial charge is 0.0620 e. The molecular weight excluding hydrogens is 208 g/mol. The van der Waals surface area contributed by atoms with Crippen molar-refractivity contribution >= 4 is 14.7 Å². The maximum atomic E-state index is 2.50. The van der Waals surface area contributed by atoms with E-state index in [0.717, 1.165) is 5.54 Å². The van der Waals surface area contributed by atoms with Crippen LogP contribution in [0.3, 0.4) is 0 Å². The average Bonchev–Trinajstić information content (AvgIpc) is 2.53. The fourth-order valence-electron chi connectivity index (χ4n) is 2.54. The Kier molecular flexibility index (Phi) is 4.00. The van der Waals surface area contributed by atoms with Crippen molar-refractivity contribution in [1.82, 2.24) is 0 Å². The first-order chi connectivity index (χ1) is 7.77. The molecule has 0 N–H and O–H groups in total. The summed E-state index contributed by atoms with van der Waals surface area (Å²) in [7, 11) is -0.117. The topological polar surface area (TPSA) is 0 Å². The molecule has 0 heterocycles. The Labute approximate surface area is 102 Å². The van der Waals surface area contributed by atoms with Crippen molar-refractivity contribution in [3.63, 3.8) is 0 Å². The Hall–Kier alpha value is -0.823. The molecule has 16 heavy (non-hydrogen) atoms. The molecule has 1 unspecified atom stereocenters. The lowest BCUT2D eigenvalue weighted by Gasteiger charge is -2.13. The zero-order chi connectivity index (χ0) is 11.4. The van der Waals surface area contributed by atoms with Gasteiger partial charge in [-0.15, -0.1) is 0 Å². The van der Waals surface area contributed by atoms with E-state index >= 15 is 0 Å². The largest absolute Gasteiger partial charge is 0.0886 e. The second-order valence-corrected chi connectivity index (χ2v) is 7.25. The minimum Gasteiger partial charge on any atom is -0.0886 e. The van der Waals surface area contributed by atoms with Crippen LogP contribution in [0, 0.1) is 13.8 Å². The van der Waals surface area contributed by atoms with Crippen molar-refractivity contribution in [2.75, 3.05) is 0 Å². The molecule has 0 fully saturated rings. The van der Waals surface area contributed by atoms with Gasteiger partial charge in [-0.3, -0.25) is 0 Å². The molecule has 1 aliphatic carbocycles. The molecule has 1 aromatic carbocycles. The number of benzene rings is 1. The Balaban J connectivity index is 2.10. The van der Waals surface area contributed by atoms with Gasteiger partial charge in [0.25, 0.3) is 0 Å². The van der Waals surface area contributed by atoms with Gasteiger partial charge in [-0.1, -0.05) is 42.0 Å². The second-order valence-electron chi connectivity index (χ2n) is 5.04. The van der Waals surface area contributed by atoms with Gasteiger partial charge in [0.2, 0.25) is 0 Å². The summed E-state index contributed by atoms with van der Waals surface area (Å²) in [5.74, 6) is 0. The van der Waals surface area contributed by atoms with E-state index in [4.69, 9.17) is 0 Å². The van der Waals surface area contributed by atoms with Gasteiger partial charge in [-0.05, 0) is 49.8 Å². The highest BCUT2D eigenvalue weighted by atomic mass is 28.2. The van der Waals surface area contributed by atoms with Gasteiger partial charge in [-0.2, -0.15) is 0 Å². The number of hydrogen-bond acceptors (Lipinski definition) is 0. The quantitative estimate of drug-likeness (QED) is 0.541. The minimum absolute atomic E-state index is 0.117. The summed E-state index contributed by atoms with van der Waals surface area (Å²) in [5, 5.41) is 1.68. The van der Waals surface area contributed by atoms with Crippen molar-refractivity contribution in [3.05, 3.63) is 41.5 Å². The predicted molar refractivity (Wildman–Crippen MR) is 75.5 cm³/mol. The Morgan fingerprint density at radius 3 is 2.94 bits per heavy atom. The van der Waals surface area contributed by atoms with E-state index in [1.54, 1.807) is 10.8 Å². The lowest BCUT2D eigenvalue weighted by molar-refractivity contribution is 0.715. The normalized spacial score (nSPS) is 21.5. The highest BCUT2D eigenvalue weighted by Crippen LogP contribution is 2.21. The molecule has 0 aliphatic heterocycles. The van der Waals surface area contributed by atoms with Gasteiger partial charge in [-0.25, -0.2) is 0 Å². The summed E-state index contributed by atoms with van der Waals surface area (Å²) in [6.45, 7) is 4.52. The Morgan fingerprint density at radius 2 is 2.06 bits per heavy atom. The van der Waals surface area contributed by atoms with E-state index in [-0.39, 0.29) is 9.52 Å². The third kappa shape index (κ3) is 2.85. The zero-order valence-electron chi connectivity index (χ0n) is 10.5. The molecule has 0 amide bonds. The van der Waals surface area contributed by atoms with Crippen LogP contribution in [0.15, 0.2) is 30.4 Å². The van der Waals surface area contributed by atoms with Crippen molar-refractivity contribution in [1.29, 1.82) is 0 Å². The standard InChI is InChI=1S/C15H22Si/c1-12-8-7-11-15(13(12)2)16-14-9-5-3-4-6-10-14/h5,7-9,11,14H,3-4,6,10,16H2,1-2H3. The molecule has 1 atom stereocenters. The molecule has 86 valence electrons. The molecule has 0 aromatic heterocycles. The lowest BCUT2D eigenvalue weighted by Crippen LogP contribution is -2.22. The van der Waals surface area contributed by atoms with Crippen LogP contribution in [0.2, 0.25) is 5.54 Å². The van der Waals surface area contributed by atoms with Crippen LogP contribution >= 0.6 is 0 Å². The second kappa shape index (κ2) is 5.49. The van der Waals surface area contributed by atoms with Crippen LogP contribution in [-0.2, 0) is 0 Å². The molecule has 0 bridgehead atoms. The van der Waals surface area contributed by atoms with E-state index in [1.165, 1.54) is 31.2 Å². The van der Waals surface area contributed by atoms with Crippen molar-refractivity contribution in [2.45, 2.75) is 45.1 Å². The van der Waals surface area contributed by atoms with Crippen molar-refractivity contribution in [2.24, 2.45) is 0 Å². The van der Waals surface area contributed by atoms with Crippen LogP contribution in [-0.4, -0.2) is 9.52 Å². The molecule has 2 rings (SSSR count). The maximum Gasteiger partial charge on any atom is 0.0620 e. The minimum atomic E-state index is -0.117. The first-order valence-electron chi connectivity index (χ1n) is 6.49. The van der Waals surface area contributed by atoms with Crippen LogP contribution in [0.1, 0.15) is 36.8 Å². The Morgan fingerprint density at radius 1 is 1.19 bits per heavy atom. The van der Waals surface area contributed by atoms with Crippen LogP contribution in [0.25, 0.3) is 0 Å². The van der Waals surface area contributed by atoms with Gasteiger partial charge < -0.3 is 0 Å². The fraction of sp³-hybridized carbons (Fsp3) is 0.467. The summed E-state index contributed by atoms with van der Waals surface area (Å²) in [6.07, 6.45) is 10.5. The summed E-state index contributed by atoms with van der Waals surface area (Å²) in [4.78, 5) is 0. The zero-order valence-corrected chi connectivity index (χ0v) is 11.9. The molecule has 0 saturated carbocycles. The van der Waals surface area contributed by atoms with E-state index in [1.807, 2.05) is 0 Å². The van der Waals surface area contributed by atoms with Crippen LogP contribution < -0.4 is 5.19 Å². The highest BCUT2D eigenvalue weighted by Gasteiger charge is 2.11. The van der Waals surface area contributed by atoms with E-state index in [0.29, 0.717) is 0 Å². The number of rotatable bonds is 2. The van der Waals surface area contributed by atoms with Gasteiger partial charge in [0.05, 0.1) is 9.52 Å². The molecule has 1 aliphatic rings. The van der Waals surface area contributed by atoms with Gasteiger partial charge in [0.1, 0.15) is 0 Å². The summed E-state index contributed by atoms with van der Waals surface area (Å²) in [6, 6.07) is 6.81. The van der Waals surface area contributed by atoms with Crippen molar-refractivity contribution < 1.29 is 0 Å². The number of allylic oxidation sites excluding steroid dienone is 2. The summed E-state index contributed by atoms with van der Waals surface area (Å²) in [5.41, 5.74) is 3.91. The average molecular weight is 230 g/mol. The van der Waals surface area contributed by atoms with E-state index in [9.17, 15) is 0 Å². The molecule has 0 radical (unpaired) electrons. The summed E-state index contributed by atoms with van der Waals surface area (Å²) >= 11 is 0. The number of aryl methyl sites for hydroxylation is 1. The fourth-order valence-corrected chi connectivity index (χ4v) is 4.78. The van der Waals surface area contributed by atoms with Crippen LogP contribution in [0.4, 0.5) is 0 Å². The molecular formula is C15H22Si. The van der Waals surface area contributed by atoms with E-state index in [2.05, 4.69) is 44.2 Å². The highest BCUT2D eigenvalue weighted by molar-refractivity contribution is 6.56. The predicted octanol–water partition coefficient (Wildman–Crippen LogP) is 3.02. The molecule has 1 aromatic rings. The monoisotopic (exact) mass is 230 g/mol. The third-order valence-electron chi connectivity index (χ3n) is 3.80. The van der Waals surface area contributed by atoms with Gasteiger partial charge in [0, 0.05) is 0 Å². The SMILES string of the molecule is Cc1cccc([SiH2]C2C=CCCCC2)c1C. The summed E-state index contributed by atoms with van der Waals surface area (Å²) < 4.78 is 0. The van der Waals surface area contributed by atoms with Crippen molar-refractivity contribution in [3.8, 4) is 0 Å². The third-order valence-corrected chi connectivity index (χ3v) is 6.21. The molecule has 0 saturated heterocycles. The first-order valence-corrected chi connectivity index (χ1v) is 8.01. The van der Waals surface area contributed by atoms with Gasteiger partial charge in [0.15, 0.2) is 0 Å². The number of hydrogen-bond donors (Lipinski definition) is 0. The van der Waals surface area contributed by atoms with E-state index < -0.39 is 0 Å². The lowest BCUT2D eigenvalue weighted by atomic mass is 10.1.